The second-order valence-corrected chi connectivity index (χ2v) is 8.35. The highest BCUT2D eigenvalue weighted by molar-refractivity contribution is 5.65. The van der Waals surface area contributed by atoms with Gasteiger partial charge in [0.2, 0.25) is 5.95 Å². The Hall–Kier alpha value is -3.75. The Morgan fingerprint density at radius 2 is 1.97 bits per heavy atom. The van der Waals surface area contributed by atoms with Crippen LogP contribution >= 0.6 is 0 Å². The topological polar surface area (TPSA) is 89.6 Å². The Kier molecular flexibility index (Phi) is 4.59. The molecule has 1 aliphatic carbocycles. The Balaban J connectivity index is 1.35. The Morgan fingerprint density at radius 3 is 2.72 bits per heavy atom. The van der Waals surface area contributed by atoms with Crippen molar-refractivity contribution >= 4 is 17.5 Å². The monoisotopic (exact) mass is 427 g/mol. The van der Waals surface area contributed by atoms with E-state index in [2.05, 4.69) is 37.4 Å². The Bertz CT molecular complexity index is 1210. The average molecular weight is 428 g/mol. The first-order valence-electron chi connectivity index (χ1n) is 11.2. The van der Waals surface area contributed by atoms with Crippen molar-refractivity contribution < 1.29 is 0 Å². The van der Waals surface area contributed by atoms with Crippen LogP contribution in [0.3, 0.4) is 0 Å². The Labute approximate surface area is 186 Å². The van der Waals surface area contributed by atoms with Crippen molar-refractivity contribution in [3.05, 3.63) is 61.1 Å². The van der Waals surface area contributed by atoms with Gasteiger partial charge < -0.3 is 10.2 Å². The maximum absolute atomic E-state index is 4.99. The number of nitrogens with one attached hydrogen (secondary N) is 1. The molecule has 9 nitrogen and oxygen atoms in total. The third-order valence-corrected chi connectivity index (χ3v) is 6.46. The number of nitrogens with zero attached hydrogens (tertiary/aromatic N) is 8. The van der Waals surface area contributed by atoms with E-state index in [9.17, 15) is 0 Å². The molecule has 1 N–H and O–H groups in total. The van der Waals surface area contributed by atoms with E-state index >= 15 is 0 Å². The lowest BCUT2D eigenvalue weighted by atomic mass is 10.0. The van der Waals surface area contributed by atoms with E-state index in [0.717, 1.165) is 35.1 Å². The largest absolute Gasteiger partial charge is 0.341 e. The first kappa shape index (κ1) is 19.0. The highest BCUT2D eigenvalue weighted by Crippen LogP contribution is 2.42. The second kappa shape index (κ2) is 7.74. The molecule has 4 heterocycles. The van der Waals surface area contributed by atoms with E-state index in [1.165, 1.54) is 25.7 Å². The summed E-state index contributed by atoms with van der Waals surface area (Å²) in [4.78, 5) is 12.1. The van der Waals surface area contributed by atoms with E-state index in [4.69, 9.17) is 4.98 Å². The van der Waals surface area contributed by atoms with Crippen LogP contribution in [0.25, 0.3) is 11.4 Å². The van der Waals surface area contributed by atoms with Crippen molar-refractivity contribution in [3.8, 4) is 11.4 Å². The van der Waals surface area contributed by atoms with Crippen molar-refractivity contribution in [1.29, 1.82) is 0 Å². The summed E-state index contributed by atoms with van der Waals surface area (Å²) < 4.78 is 3.87. The molecule has 32 heavy (non-hydrogen) atoms. The molecule has 162 valence electrons. The zero-order valence-corrected chi connectivity index (χ0v) is 18.0. The fourth-order valence-electron chi connectivity index (χ4n) is 4.95. The van der Waals surface area contributed by atoms with Crippen molar-refractivity contribution in [3.63, 3.8) is 0 Å². The molecule has 0 bridgehead atoms. The van der Waals surface area contributed by atoms with Crippen molar-refractivity contribution in [2.75, 3.05) is 10.2 Å². The van der Waals surface area contributed by atoms with Gasteiger partial charge in [0.05, 0.1) is 17.9 Å². The van der Waals surface area contributed by atoms with Gasteiger partial charge in [0, 0.05) is 24.1 Å². The summed E-state index contributed by atoms with van der Waals surface area (Å²) in [6.45, 7) is 2.21. The van der Waals surface area contributed by atoms with Gasteiger partial charge in [-0.3, -0.25) is 4.57 Å². The summed E-state index contributed by atoms with van der Waals surface area (Å²) in [5.74, 6) is 2.53. The molecule has 0 spiro atoms. The quantitative estimate of drug-likeness (QED) is 0.510. The fourth-order valence-corrected chi connectivity index (χ4v) is 4.95. The first-order valence-corrected chi connectivity index (χ1v) is 11.2. The molecule has 0 amide bonds. The van der Waals surface area contributed by atoms with Gasteiger partial charge in [0.25, 0.3) is 0 Å². The maximum Gasteiger partial charge on any atom is 0.229 e. The van der Waals surface area contributed by atoms with E-state index < -0.39 is 0 Å². The predicted molar refractivity (Wildman–Crippen MR) is 122 cm³/mol. The number of benzene rings is 1. The van der Waals surface area contributed by atoms with E-state index in [-0.39, 0.29) is 6.04 Å². The average Bonchev–Trinajstić information content (AvgIpc) is 3.61. The molecule has 1 saturated carbocycles. The molecule has 2 aliphatic rings. The molecule has 9 heteroatoms. The van der Waals surface area contributed by atoms with Crippen LogP contribution in [-0.2, 0) is 0 Å². The standard InChI is InChI=1S/C23H25N9/c1-2-19-22-29-25-15-30(22)20-14-24-23(28-21(20)32(19)18-6-3-4-7-18)27-16-8-10-17(11-9-16)31-13-5-12-26-31/h5,8-15,18-19H,2-4,6-7H2,1H3,(H,24,27,28). The molecule has 3 aromatic heterocycles. The van der Waals surface area contributed by atoms with Crippen LogP contribution in [0.2, 0.25) is 0 Å². The maximum atomic E-state index is 4.99. The number of fused-ring (bicyclic) bond motifs is 3. The van der Waals surface area contributed by atoms with Gasteiger partial charge in [0.1, 0.15) is 12.0 Å². The normalized spacial score (nSPS) is 17.9. The van der Waals surface area contributed by atoms with Gasteiger partial charge in [-0.25, -0.2) is 9.67 Å². The summed E-state index contributed by atoms with van der Waals surface area (Å²) in [6, 6.07) is 10.6. The molecule has 1 fully saturated rings. The zero-order valence-electron chi connectivity index (χ0n) is 18.0. The molecular formula is C23H25N9. The van der Waals surface area contributed by atoms with Crippen LogP contribution in [0.1, 0.15) is 50.9 Å². The summed E-state index contributed by atoms with van der Waals surface area (Å²) in [6.07, 6.45) is 13.2. The summed E-state index contributed by atoms with van der Waals surface area (Å²) in [7, 11) is 0. The van der Waals surface area contributed by atoms with Crippen LogP contribution in [0.5, 0.6) is 0 Å². The number of hydrogen-bond donors (Lipinski definition) is 1. The Morgan fingerprint density at radius 1 is 1.12 bits per heavy atom. The minimum atomic E-state index is 0.171. The number of anilines is 3. The number of rotatable bonds is 5. The van der Waals surface area contributed by atoms with Gasteiger partial charge in [-0.1, -0.05) is 19.8 Å². The highest BCUT2D eigenvalue weighted by Gasteiger charge is 2.38. The van der Waals surface area contributed by atoms with Gasteiger partial charge in [-0.15, -0.1) is 10.2 Å². The molecule has 1 atom stereocenters. The zero-order chi connectivity index (χ0) is 21.5. The lowest BCUT2D eigenvalue weighted by Gasteiger charge is -2.40. The lowest BCUT2D eigenvalue weighted by Crippen LogP contribution is -2.42. The predicted octanol–water partition coefficient (Wildman–Crippen LogP) is 4.20. The smallest absolute Gasteiger partial charge is 0.229 e. The van der Waals surface area contributed by atoms with Gasteiger partial charge in [0.15, 0.2) is 11.6 Å². The summed E-state index contributed by atoms with van der Waals surface area (Å²) in [5, 5.41) is 16.3. The third kappa shape index (κ3) is 3.12. The van der Waals surface area contributed by atoms with Crippen LogP contribution in [0.4, 0.5) is 17.5 Å². The molecule has 1 aromatic carbocycles. The second-order valence-electron chi connectivity index (χ2n) is 8.35. The number of aromatic nitrogens is 7. The van der Waals surface area contributed by atoms with Gasteiger partial charge in [-0.05, 0) is 49.6 Å². The minimum Gasteiger partial charge on any atom is -0.341 e. The van der Waals surface area contributed by atoms with Crippen LogP contribution in [-0.4, -0.2) is 40.6 Å². The van der Waals surface area contributed by atoms with E-state index in [0.29, 0.717) is 12.0 Å². The molecule has 1 unspecified atom stereocenters. The number of hydrogen-bond acceptors (Lipinski definition) is 7. The van der Waals surface area contributed by atoms with Crippen LogP contribution < -0.4 is 10.2 Å². The molecule has 0 saturated heterocycles. The van der Waals surface area contributed by atoms with Gasteiger partial charge >= 0.3 is 0 Å². The minimum absolute atomic E-state index is 0.171. The van der Waals surface area contributed by atoms with Gasteiger partial charge in [-0.2, -0.15) is 10.1 Å². The van der Waals surface area contributed by atoms with Crippen LogP contribution in [0, 0.1) is 0 Å². The SMILES string of the molecule is CCC1c2nncn2-c2cnc(Nc3ccc(-n4cccn4)cc3)nc2N1C1CCCC1. The van der Waals surface area contributed by atoms with Crippen molar-refractivity contribution in [1.82, 2.24) is 34.5 Å². The molecule has 0 radical (unpaired) electrons. The third-order valence-electron chi connectivity index (χ3n) is 6.46. The van der Waals surface area contributed by atoms with Crippen molar-refractivity contribution in [2.24, 2.45) is 0 Å². The van der Waals surface area contributed by atoms with Crippen LogP contribution in [0.15, 0.2) is 55.2 Å². The molecule has 1 aliphatic heterocycles. The summed E-state index contributed by atoms with van der Waals surface area (Å²) >= 11 is 0. The first-order chi connectivity index (χ1) is 15.8. The van der Waals surface area contributed by atoms with E-state index in [1.807, 2.05) is 52.0 Å². The van der Waals surface area contributed by atoms with Crippen molar-refractivity contribution in [2.45, 2.75) is 51.1 Å². The lowest BCUT2D eigenvalue weighted by molar-refractivity contribution is 0.469. The molecule has 6 rings (SSSR count). The fraction of sp³-hybridized carbons (Fsp3) is 0.348. The summed E-state index contributed by atoms with van der Waals surface area (Å²) in [5.41, 5.74) is 2.88. The highest BCUT2D eigenvalue weighted by atomic mass is 15.4. The molecular weight excluding hydrogens is 402 g/mol. The van der Waals surface area contributed by atoms with E-state index in [1.54, 1.807) is 12.5 Å². The molecule has 4 aromatic rings.